The summed E-state index contributed by atoms with van der Waals surface area (Å²) < 4.78 is 23.8. The van der Waals surface area contributed by atoms with Gasteiger partial charge in [-0.2, -0.15) is 0 Å². The number of rotatable bonds is 5. The van der Waals surface area contributed by atoms with Crippen molar-refractivity contribution in [1.29, 1.82) is 0 Å². The van der Waals surface area contributed by atoms with Crippen molar-refractivity contribution in [2.45, 2.75) is 6.42 Å². The number of halogens is 1. The highest BCUT2D eigenvalue weighted by Crippen LogP contribution is 2.36. The second kappa shape index (κ2) is 8.83. The summed E-state index contributed by atoms with van der Waals surface area (Å²) in [5, 5.41) is 0. The van der Waals surface area contributed by atoms with Gasteiger partial charge in [0.2, 0.25) is 11.8 Å². The molecule has 0 spiro atoms. The Labute approximate surface area is 180 Å². The molecule has 0 aliphatic carbocycles. The summed E-state index contributed by atoms with van der Waals surface area (Å²) in [4.78, 5) is 31.4. The molecule has 0 saturated carbocycles. The summed E-state index contributed by atoms with van der Waals surface area (Å²) in [7, 11) is 3.11. The normalized spacial score (nSPS) is 19.0. The Kier molecular flexibility index (Phi) is 5.97. The topological polar surface area (TPSA) is 62.3 Å². The van der Waals surface area contributed by atoms with E-state index in [4.69, 9.17) is 9.47 Å². The largest absolute Gasteiger partial charge is 0.497 e. The van der Waals surface area contributed by atoms with Gasteiger partial charge in [0.1, 0.15) is 17.3 Å². The predicted molar refractivity (Wildman–Crippen MR) is 115 cm³/mol. The van der Waals surface area contributed by atoms with Crippen LogP contribution in [0.4, 0.5) is 15.8 Å². The van der Waals surface area contributed by atoms with Gasteiger partial charge < -0.3 is 24.2 Å². The average Bonchev–Trinajstić information content (AvgIpc) is 3.20. The molecule has 4 rings (SSSR count). The minimum Gasteiger partial charge on any atom is -0.497 e. The molecular formula is C23H26FN3O4. The molecule has 2 fully saturated rings. The fraction of sp³-hybridized carbons (Fsp3) is 0.391. The number of hydrogen-bond acceptors (Lipinski definition) is 5. The Morgan fingerprint density at radius 2 is 1.71 bits per heavy atom. The zero-order valence-corrected chi connectivity index (χ0v) is 17.7. The van der Waals surface area contributed by atoms with Gasteiger partial charge in [0, 0.05) is 50.9 Å². The SMILES string of the molecule is COc1ccc(N2C[C@H](C(=O)N3CCN(c4ccc(F)cc4)CC3)CC2=O)c(OC)c1. The highest BCUT2D eigenvalue weighted by Gasteiger charge is 2.38. The van der Waals surface area contributed by atoms with E-state index >= 15 is 0 Å². The van der Waals surface area contributed by atoms with Crippen LogP contribution in [0.15, 0.2) is 42.5 Å². The second-order valence-electron chi connectivity index (χ2n) is 7.73. The first-order chi connectivity index (χ1) is 15.0. The van der Waals surface area contributed by atoms with Crippen molar-refractivity contribution in [3.05, 3.63) is 48.3 Å². The van der Waals surface area contributed by atoms with Crippen LogP contribution in [-0.2, 0) is 9.59 Å². The molecule has 2 aliphatic heterocycles. The molecule has 0 aromatic heterocycles. The predicted octanol–water partition coefficient (Wildman–Crippen LogP) is 2.54. The Balaban J connectivity index is 1.39. The number of ether oxygens (including phenoxy) is 2. The summed E-state index contributed by atoms with van der Waals surface area (Å²) in [6, 6.07) is 11.7. The third-order valence-electron chi connectivity index (χ3n) is 5.94. The second-order valence-corrected chi connectivity index (χ2v) is 7.73. The van der Waals surface area contributed by atoms with Crippen molar-refractivity contribution in [3.63, 3.8) is 0 Å². The molecule has 2 aromatic rings. The lowest BCUT2D eigenvalue weighted by molar-refractivity contribution is -0.136. The molecule has 1 atom stereocenters. The quantitative estimate of drug-likeness (QED) is 0.734. The van der Waals surface area contributed by atoms with Gasteiger partial charge in [-0.15, -0.1) is 0 Å². The maximum atomic E-state index is 13.1. The zero-order valence-electron chi connectivity index (χ0n) is 17.7. The van der Waals surface area contributed by atoms with E-state index in [9.17, 15) is 14.0 Å². The number of nitrogens with zero attached hydrogens (tertiary/aromatic N) is 3. The average molecular weight is 427 g/mol. The Morgan fingerprint density at radius 3 is 2.35 bits per heavy atom. The fourth-order valence-corrected chi connectivity index (χ4v) is 4.21. The van der Waals surface area contributed by atoms with Crippen molar-refractivity contribution in [2.75, 3.05) is 56.7 Å². The van der Waals surface area contributed by atoms with E-state index in [0.717, 1.165) is 5.69 Å². The molecule has 2 amide bonds. The first kappa shape index (κ1) is 21.0. The van der Waals surface area contributed by atoms with E-state index in [1.807, 2.05) is 4.90 Å². The Morgan fingerprint density at radius 1 is 1.00 bits per heavy atom. The third-order valence-corrected chi connectivity index (χ3v) is 5.94. The van der Waals surface area contributed by atoms with Crippen molar-refractivity contribution in [2.24, 2.45) is 5.92 Å². The van der Waals surface area contributed by atoms with Crippen molar-refractivity contribution in [3.8, 4) is 11.5 Å². The molecule has 2 heterocycles. The molecule has 8 heteroatoms. The number of anilines is 2. The smallest absolute Gasteiger partial charge is 0.228 e. The Hall–Kier alpha value is -3.29. The molecule has 2 aliphatic rings. The standard InChI is InChI=1S/C23H26FN3O4/c1-30-19-7-8-20(21(14-19)31-2)27-15-16(13-22(27)28)23(29)26-11-9-25(10-12-26)18-5-3-17(24)4-6-18/h3-8,14,16H,9-13,15H2,1-2H3/t16-/m1/s1. The number of piperazine rings is 1. The van der Waals surface area contributed by atoms with Gasteiger partial charge in [-0.25, -0.2) is 4.39 Å². The molecule has 164 valence electrons. The minimum absolute atomic E-state index is 0.00193. The lowest BCUT2D eigenvalue weighted by Gasteiger charge is -2.37. The monoisotopic (exact) mass is 427 g/mol. The highest BCUT2D eigenvalue weighted by atomic mass is 19.1. The van der Waals surface area contributed by atoms with Crippen LogP contribution in [0.1, 0.15) is 6.42 Å². The van der Waals surface area contributed by atoms with E-state index in [1.54, 1.807) is 49.5 Å². The zero-order chi connectivity index (χ0) is 22.0. The summed E-state index contributed by atoms with van der Waals surface area (Å²) in [6.45, 7) is 2.83. The van der Waals surface area contributed by atoms with Crippen LogP contribution >= 0.6 is 0 Å². The fourth-order valence-electron chi connectivity index (χ4n) is 4.21. The number of benzene rings is 2. The van der Waals surface area contributed by atoms with Crippen LogP contribution in [-0.4, -0.2) is 63.7 Å². The molecule has 0 unspecified atom stereocenters. The molecule has 2 aromatic carbocycles. The van der Waals surface area contributed by atoms with E-state index in [1.165, 1.54) is 12.1 Å². The lowest BCUT2D eigenvalue weighted by Crippen LogP contribution is -2.50. The number of hydrogen-bond donors (Lipinski definition) is 0. The summed E-state index contributed by atoms with van der Waals surface area (Å²) >= 11 is 0. The Bertz CT molecular complexity index is 958. The van der Waals surface area contributed by atoms with Crippen LogP contribution in [0.2, 0.25) is 0 Å². The molecule has 0 bridgehead atoms. The molecule has 7 nitrogen and oxygen atoms in total. The van der Waals surface area contributed by atoms with Crippen LogP contribution in [0.25, 0.3) is 0 Å². The van der Waals surface area contributed by atoms with Crippen molar-refractivity contribution < 1.29 is 23.5 Å². The van der Waals surface area contributed by atoms with E-state index in [-0.39, 0.29) is 30.0 Å². The van der Waals surface area contributed by atoms with Gasteiger partial charge in [-0.3, -0.25) is 9.59 Å². The summed E-state index contributed by atoms with van der Waals surface area (Å²) in [6.07, 6.45) is 0.187. The van der Waals surface area contributed by atoms with E-state index in [0.29, 0.717) is 49.9 Å². The number of methoxy groups -OCH3 is 2. The lowest BCUT2D eigenvalue weighted by atomic mass is 10.1. The summed E-state index contributed by atoms with van der Waals surface area (Å²) in [5.41, 5.74) is 1.59. The van der Waals surface area contributed by atoms with Crippen LogP contribution in [0.3, 0.4) is 0 Å². The van der Waals surface area contributed by atoms with Crippen LogP contribution < -0.4 is 19.3 Å². The van der Waals surface area contributed by atoms with Gasteiger partial charge >= 0.3 is 0 Å². The first-order valence-electron chi connectivity index (χ1n) is 10.3. The van der Waals surface area contributed by atoms with Crippen LogP contribution in [0.5, 0.6) is 11.5 Å². The highest BCUT2D eigenvalue weighted by molar-refractivity contribution is 6.01. The third kappa shape index (κ3) is 4.28. The maximum Gasteiger partial charge on any atom is 0.228 e. The first-order valence-corrected chi connectivity index (χ1v) is 10.3. The van der Waals surface area contributed by atoms with Gasteiger partial charge in [0.15, 0.2) is 0 Å². The molecule has 31 heavy (non-hydrogen) atoms. The number of carbonyl (C=O) groups excluding carboxylic acids is 2. The van der Waals surface area contributed by atoms with Gasteiger partial charge in [0.05, 0.1) is 25.8 Å². The maximum absolute atomic E-state index is 13.1. The van der Waals surface area contributed by atoms with Gasteiger partial charge in [-0.1, -0.05) is 0 Å². The molecular weight excluding hydrogens is 401 g/mol. The number of amides is 2. The molecule has 0 radical (unpaired) electrons. The van der Waals surface area contributed by atoms with E-state index < -0.39 is 0 Å². The minimum atomic E-state index is -0.378. The van der Waals surface area contributed by atoms with E-state index in [2.05, 4.69) is 4.90 Å². The van der Waals surface area contributed by atoms with Crippen molar-refractivity contribution >= 4 is 23.2 Å². The van der Waals surface area contributed by atoms with Crippen LogP contribution in [0, 0.1) is 11.7 Å². The number of carbonyl (C=O) groups is 2. The van der Waals surface area contributed by atoms with Gasteiger partial charge in [0.25, 0.3) is 0 Å². The van der Waals surface area contributed by atoms with Gasteiger partial charge in [-0.05, 0) is 36.4 Å². The molecule has 0 N–H and O–H groups in total. The summed E-state index contributed by atoms with van der Waals surface area (Å²) in [5.74, 6) is 0.444. The molecule has 2 saturated heterocycles. The van der Waals surface area contributed by atoms with Crippen molar-refractivity contribution in [1.82, 2.24) is 4.90 Å².